The third-order valence-corrected chi connectivity index (χ3v) is 4.68. The summed E-state index contributed by atoms with van der Waals surface area (Å²) >= 11 is 0. The molecule has 18 heavy (non-hydrogen) atoms. The quantitative estimate of drug-likeness (QED) is 0.832. The third-order valence-electron chi connectivity index (χ3n) is 4.68. The molecule has 0 radical (unpaired) electrons. The molecular weight excluding hydrogens is 226 g/mol. The van der Waals surface area contributed by atoms with E-state index in [0.717, 1.165) is 26.1 Å². The normalized spacial score (nSPS) is 27.3. The molecule has 1 atom stereocenters. The summed E-state index contributed by atoms with van der Waals surface area (Å²) in [5.74, 6) is 1.76. The average Bonchev–Trinajstić information content (AvgIpc) is 2.89. The van der Waals surface area contributed by atoms with Crippen molar-refractivity contribution < 1.29 is 4.74 Å². The lowest BCUT2D eigenvalue weighted by Crippen LogP contribution is -2.59. The van der Waals surface area contributed by atoms with Crippen molar-refractivity contribution in [2.45, 2.75) is 52.2 Å². The number of guanidine groups is 1. The maximum absolute atomic E-state index is 6.13. The molecule has 0 saturated carbocycles. The lowest BCUT2D eigenvalue weighted by atomic mass is 9.76. The van der Waals surface area contributed by atoms with Crippen LogP contribution in [0.1, 0.15) is 40.5 Å². The van der Waals surface area contributed by atoms with Crippen LogP contribution in [-0.4, -0.2) is 42.2 Å². The minimum Gasteiger partial charge on any atom is -0.376 e. The van der Waals surface area contributed by atoms with Crippen LogP contribution >= 0.6 is 0 Å². The molecule has 0 bridgehead atoms. The Morgan fingerprint density at radius 2 is 2.06 bits per heavy atom. The van der Waals surface area contributed by atoms with Crippen molar-refractivity contribution in [2.24, 2.45) is 22.6 Å². The summed E-state index contributed by atoms with van der Waals surface area (Å²) in [6, 6.07) is 0. The SMILES string of the molecule is CC(C)C1(C(C)C)CN=C(N)N1CC1CCCO1. The minimum absolute atomic E-state index is 0.0655. The van der Waals surface area contributed by atoms with E-state index in [2.05, 4.69) is 37.6 Å². The maximum atomic E-state index is 6.13. The van der Waals surface area contributed by atoms with E-state index < -0.39 is 0 Å². The molecule has 0 amide bonds. The highest BCUT2D eigenvalue weighted by Gasteiger charge is 2.47. The van der Waals surface area contributed by atoms with Crippen molar-refractivity contribution in [1.82, 2.24) is 4.90 Å². The van der Waals surface area contributed by atoms with Gasteiger partial charge in [0.2, 0.25) is 0 Å². The van der Waals surface area contributed by atoms with Gasteiger partial charge in [0.05, 0.1) is 18.2 Å². The first-order valence-corrected chi connectivity index (χ1v) is 7.17. The Hall–Kier alpha value is -0.770. The second-order valence-corrected chi connectivity index (χ2v) is 6.22. The fourth-order valence-corrected chi connectivity index (χ4v) is 3.50. The van der Waals surface area contributed by atoms with Crippen LogP contribution in [0.15, 0.2) is 4.99 Å². The van der Waals surface area contributed by atoms with Gasteiger partial charge in [0.1, 0.15) is 0 Å². The zero-order valence-corrected chi connectivity index (χ0v) is 12.1. The second kappa shape index (κ2) is 5.08. The molecule has 1 saturated heterocycles. The molecule has 4 nitrogen and oxygen atoms in total. The summed E-state index contributed by atoms with van der Waals surface area (Å²) in [5, 5.41) is 0. The van der Waals surface area contributed by atoms with Gasteiger partial charge in [-0.05, 0) is 24.7 Å². The van der Waals surface area contributed by atoms with Gasteiger partial charge >= 0.3 is 0 Å². The molecule has 0 aromatic carbocycles. The number of hydrogen-bond acceptors (Lipinski definition) is 4. The van der Waals surface area contributed by atoms with Crippen LogP contribution in [0.25, 0.3) is 0 Å². The van der Waals surface area contributed by atoms with Crippen LogP contribution in [0.4, 0.5) is 0 Å². The third kappa shape index (κ3) is 2.11. The van der Waals surface area contributed by atoms with Crippen LogP contribution in [0.2, 0.25) is 0 Å². The summed E-state index contributed by atoms with van der Waals surface area (Å²) in [4.78, 5) is 6.84. The highest BCUT2D eigenvalue weighted by atomic mass is 16.5. The van der Waals surface area contributed by atoms with Gasteiger partial charge < -0.3 is 15.4 Å². The first kappa shape index (κ1) is 13.7. The lowest BCUT2D eigenvalue weighted by molar-refractivity contribution is 0.0286. The van der Waals surface area contributed by atoms with Gasteiger partial charge in [0.25, 0.3) is 0 Å². The number of hydrogen-bond donors (Lipinski definition) is 1. The first-order chi connectivity index (χ1) is 8.48. The van der Waals surface area contributed by atoms with Crippen LogP contribution in [0.3, 0.4) is 0 Å². The van der Waals surface area contributed by atoms with Gasteiger partial charge in [0.15, 0.2) is 5.96 Å². The Balaban J connectivity index is 2.18. The molecule has 0 spiro atoms. The smallest absolute Gasteiger partial charge is 0.191 e. The van der Waals surface area contributed by atoms with Crippen molar-refractivity contribution in [3.05, 3.63) is 0 Å². The van der Waals surface area contributed by atoms with Gasteiger partial charge in [-0.1, -0.05) is 27.7 Å². The number of ether oxygens (including phenoxy) is 1. The molecule has 0 aromatic rings. The predicted octanol–water partition coefficient (Wildman–Crippen LogP) is 1.85. The second-order valence-electron chi connectivity index (χ2n) is 6.22. The van der Waals surface area contributed by atoms with Gasteiger partial charge in [-0.25, -0.2) is 0 Å². The van der Waals surface area contributed by atoms with Gasteiger partial charge in [-0.2, -0.15) is 0 Å². The van der Waals surface area contributed by atoms with Crippen molar-refractivity contribution in [1.29, 1.82) is 0 Å². The monoisotopic (exact) mass is 253 g/mol. The molecular formula is C14H27N3O. The molecule has 2 heterocycles. The van der Waals surface area contributed by atoms with Crippen LogP contribution < -0.4 is 5.73 Å². The molecule has 2 aliphatic rings. The summed E-state index contributed by atoms with van der Waals surface area (Å²) in [5.41, 5.74) is 6.19. The molecule has 2 N–H and O–H groups in total. The molecule has 1 fully saturated rings. The Morgan fingerprint density at radius 1 is 1.39 bits per heavy atom. The predicted molar refractivity (Wildman–Crippen MR) is 74.6 cm³/mol. The zero-order valence-electron chi connectivity index (χ0n) is 12.1. The van der Waals surface area contributed by atoms with Crippen LogP contribution in [-0.2, 0) is 4.74 Å². The maximum Gasteiger partial charge on any atom is 0.191 e. The molecule has 104 valence electrons. The number of aliphatic imine (C=N–C) groups is 1. The van der Waals surface area contributed by atoms with Crippen molar-refractivity contribution in [3.63, 3.8) is 0 Å². The largest absolute Gasteiger partial charge is 0.376 e. The summed E-state index contributed by atoms with van der Waals surface area (Å²) in [6.07, 6.45) is 2.65. The van der Waals surface area contributed by atoms with E-state index in [1.807, 2.05) is 0 Å². The van der Waals surface area contributed by atoms with Crippen molar-refractivity contribution >= 4 is 5.96 Å². The van der Waals surface area contributed by atoms with E-state index in [4.69, 9.17) is 10.5 Å². The van der Waals surface area contributed by atoms with Gasteiger partial charge in [0, 0.05) is 13.2 Å². The van der Waals surface area contributed by atoms with E-state index in [1.165, 1.54) is 6.42 Å². The van der Waals surface area contributed by atoms with E-state index in [9.17, 15) is 0 Å². The Morgan fingerprint density at radius 3 is 2.56 bits per heavy atom. The standard InChI is InChI=1S/C14H27N3O/c1-10(2)14(11(3)4)9-16-13(15)17(14)8-12-6-5-7-18-12/h10-12H,5-9H2,1-4H3,(H2,15,16). The number of nitrogens with two attached hydrogens (primary N) is 1. The molecule has 1 unspecified atom stereocenters. The molecule has 2 rings (SSSR count). The van der Waals surface area contributed by atoms with E-state index >= 15 is 0 Å². The fraction of sp³-hybridized carbons (Fsp3) is 0.929. The molecule has 2 aliphatic heterocycles. The fourth-order valence-electron chi connectivity index (χ4n) is 3.50. The Bertz CT molecular complexity index is 311. The summed E-state index contributed by atoms with van der Waals surface area (Å²) in [7, 11) is 0. The molecule has 0 aromatic heterocycles. The van der Waals surface area contributed by atoms with Gasteiger partial charge in [-0.15, -0.1) is 0 Å². The van der Waals surface area contributed by atoms with E-state index in [1.54, 1.807) is 0 Å². The van der Waals surface area contributed by atoms with Gasteiger partial charge in [-0.3, -0.25) is 4.99 Å². The van der Waals surface area contributed by atoms with E-state index in [0.29, 0.717) is 23.9 Å². The highest BCUT2D eigenvalue weighted by molar-refractivity contribution is 5.81. The Labute approximate surface area is 111 Å². The molecule has 0 aliphatic carbocycles. The zero-order chi connectivity index (χ0) is 13.3. The summed E-state index contributed by atoms with van der Waals surface area (Å²) < 4.78 is 5.76. The van der Waals surface area contributed by atoms with Crippen LogP contribution in [0.5, 0.6) is 0 Å². The molecule has 4 heteroatoms. The topological polar surface area (TPSA) is 50.8 Å². The van der Waals surface area contributed by atoms with Crippen molar-refractivity contribution in [2.75, 3.05) is 19.7 Å². The van der Waals surface area contributed by atoms with Crippen molar-refractivity contribution in [3.8, 4) is 0 Å². The number of nitrogens with zero attached hydrogens (tertiary/aromatic N) is 2. The lowest BCUT2D eigenvalue weighted by Gasteiger charge is -2.46. The van der Waals surface area contributed by atoms with E-state index in [-0.39, 0.29) is 5.54 Å². The first-order valence-electron chi connectivity index (χ1n) is 7.17. The average molecular weight is 253 g/mol. The minimum atomic E-state index is 0.0655. The Kier molecular flexibility index (Phi) is 3.85. The number of rotatable bonds is 4. The highest BCUT2D eigenvalue weighted by Crippen LogP contribution is 2.37. The summed E-state index contributed by atoms with van der Waals surface area (Å²) in [6.45, 7) is 11.7. The van der Waals surface area contributed by atoms with Crippen LogP contribution in [0, 0.1) is 11.8 Å².